The molecule has 5 nitrogen and oxygen atoms in total. The fourth-order valence-electron chi connectivity index (χ4n) is 1.48. The third-order valence-electron chi connectivity index (χ3n) is 2.72. The van der Waals surface area contributed by atoms with Gasteiger partial charge in [-0.15, -0.1) is 0 Å². The number of hydrogen-bond donors (Lipinski definition) is 2. The molecular weight excluding hydrogens is 312 g/mol. The van der Waals surface area contributed by atoms with Gasteiger partial charge in [-0.25, -0.2) is 0 Å². The lowest BCUT2D eigenvalue weighted by atomic mass is 10.2. The highest BCUT2D eigenvalue weighted by molar-refractivity contribution is 9.10. The third-order valence-corrected chi connectivity index (χ3v) is 3.34. The standard InChI is InChI=1S/C13H15BrN2O3/c1-8-2-5-11(10(14)6-8)19-7-12(17)15-16-13(18)9-3-4-9/h2,5-6,9H,3-4,7H2,1H3,(H,15,17)(H,16,18). The van der Waals surface area contributed by atoms with E-state index in [1.54, 1.807) is 6.07 Å². The van der Waals surface area contributed by atoms with Crippen LogP contribution in [0.15, 0.2) is 22.7 Å². The number of hydrazine groups is 1. The van der Waals surface area contributed by atoms with E-state index in [2.05, 4.69) is 26.8 Å². The predicted octanol–water partition coefficient (Wildman–Crippen LogP) is 1.69. The molecule has 2 N–H and O–H groups in total. The van der Waals surface area contributed by atoms with Crippen LogP contribution in [0.3, 0.4) is 0 Å². The van der Waals surface area contributed by atoms with Crippen LogP contribution in [0.2, 0.25) is 0 Å². The van der Waals surface area contributed by atoms with E-state index < -0.39 is 0 Å². The highest BCUT2D eigenvalue weighted by Gasteiger charge is 2.29. The minimum Gasteiger partial charge on any atom is -0.483 e. The zero-order valence-corrected chi connectivity index (χ0v) is 12.1. The van der Waals surface area contributed by atoms with E-state index >= 15 is 0 Å². The van der Waals surface area contributed by atoms with Crippen LogP contribution in [0.25, 0.3) is 0 Å². The Kier molecular flexibility index (Phi) is 4.42. The van der Waals surface area contributed by atoms with Gasteiger partial charge in [0, 0.05) is 5.92 Å². The van der Waals surface area contributed by atoms with Gasteiger partial charge in [0.15, 0.2) is 6.61 Å². The molecule has 19 heavy (non-hydrogen) atoms. The summed E-state index contributed by atoms with van der Waals surface area (Å²) in [6, 6.07) is 5.59. The smallest absolute Gasteiger partial charge is 0.276 e. The monoisotopic (exact) mass is 326 g/mol. The molecule has 0 unspecified atom stereocenters. The van der Waals surface area contributed by atoms with Crippen molar-refractivity contribution in [2.75, 3.05) is 6.61 Å². The van der Waals surface area contributed by atoms with Crippen molar-refractivity contribution in [3.63, 3.8) is 0 Å². The normalized spacial score (nSPS) is 13.8. The first-order valence-corrected chi connectivity index (χ1v) is 6.83. The molecule has 0 atom stereocenters. The fraction of sp³-hybridized carbons (Fsp3) is 0.385. The number of halogens is 1. The second-order valence-electron chi connectivity index (χ2n) is 4.53. The number of rotatable bonds is 4. The average Bonchev–Trinajstić information content (AvgIpc) is 3.19. The molecule has 0 radical (unpaired) electrons. The second kappa shape index (κ2) is 6.06. The molecule has 1 aliphatic rings. The van der Waals surface area contributed by atoms with Crippen LogP contribution in [-0.4, -0.2) is 18.4 Å². The van der Waals surface area contributed by atoms with Crippen molar-refractivity contribution in [3.8, 4) is 5.75 Å². The van der Waals surface area contributed by atoms with Gasteiger partial charge < -0.3 is 4.74 Å². The minimum atomic E-state index is -0.388. The quantitative estimate of drug-likeness (QED) is 0.827. The lowest BCUT2D eigenvalue weighted by Gasteiger charge is -2.10. The van der Waals surface area contributed by atoms with Crippen LogP contribution in [0.5, 0.6) is 5.75 Å². The summed E-state index contributed by atoms with van der Waals surface area (Å²) in [5.74, 6) is 0.132. The number of ether oxygens (including phenoxy) is 1. The first-order chi connectivity index (χ1) is 9.06. The zero-order chi connectivity index (χ0) is 13.8. The van der Waals surface area contributed by atoms with Gasteiger partial charge in [0.25, 0.3) is 5.91 Å². The number of benzene rings is 1. The fourth-order valence-corrected chi connectivity index (χ4v) is 2.09. The lowest BCUT2D eigenvalue weighted by molar-refractivity contribution is -0.130. The number of carbonyl (C=O) groups is 2. The van der Waals surface area contributed by atoms with Gasteiger partial charge in [0.05, 0.1) is 4.47 Å². The Balaban J connectivity index is 1.74. The van der Waals surface area contributed by atoms with Gasteiger partial charge in [-0.1, -0.05) is 6.07 Å². The van der Waals surface area contributed by atoms with E-state index in [0.29, 0.717) is 5.75 Å². The summed E-state index contributed by atoms with van der Waals surface area (Å²) in [4.78, 5) is 22.8. The highest BCUT2D eigenvalue weighted by Crippen LogP contribution is 2.28. The van der Waals surface area contributed by atoms with Crippen LogP contribution < -0.4 is 15.6 Å². The van der Waals surface area contributed by atoms with E-state index in [-0.39, 0.29) is 24.3 Å². The van der Waals surface area contributed by atoms with Crippen LogP contribution in [0.4, 0.5) is 0 Å². The molecule has 6 heteroatoms. The molecule has 102 valence electrons. The van der Waals surface area contributed by atoms with Crippen molar-refractivity contribution in [2.24, 2.45) is 5.92 Å². The molecule has 0 bridgehead atoms. The Morgan fingerprint density at radius 2 is 2.11 bits per heavy atom. The maximum Gasteiger partial charge on any atom is 0.276 e. The summed E-state index contributed by atoms with van der Waals surface area (Å²) in [6.45, 7) is 1.82. The molecule has 1 saturated carbocycles. The van der Waals surface area contributed by atoms with Crippen LogP contribution in [0, 0.1) is 12.8 Å². The van der Waals surface area contributed by atoms with E-state index in [0.717, 1.165) is 22.9 Å². The average molecular weight is 327 g/mol. The van der Waals surface area contributed by atoms with E-state index in [9.17, 15) is 9.59 Å². The SMILES string of the molecule is Cc1ccc(OCC(=O)NNC(=O)C2CC2)c(Br)c1. The third kappa shape index (κ3) is 4.24. The predicted molar refractivity (Wildman–Crippen MR) is 73.4 cm³/mol. The molecule has 1 aromatic rings. The molecule has 0 saturated heterocycles. The molecule has 1 aromatic carbocycles. The summed E-state index contributed by atoms with van der Waals surface area (Å²) in [5, 5.41) is 0. The molecule has 1 aliphatic carbocycles. The summed E-state index contributed by atoms with van der Waals surface area (Å²) < 4.78 is 6.15. The number of hydrogen-bond acceptors (Lipinski definition) is 3. The summed E-state index contributed by atoms with van der Waals surface area (Å²) >= 11 is 3.36. The summed E-state index contributed by atoms with van der Waals surface area (Å²) in [6.07, 6.45) is 1.79. The molecule has 1 fully saturated rings. The Bertz CT molecular complexity index is 501. The van der Waals surface area contributed by atoms with Gasteiger partial charge in [0.1, 0.15) is 5.75 Å². The largest absolute Gasteiger partial charge is 0.483 e. The molecule has 0 aliphatic heterocycles. The first-order valence-electron chi connectivity index (χ1n) is 6.04. The Morgan fingerprint density at radius 3 is 2.74 bits per heavy atom. The number of aryl methyl sites for hydroxylation is 1. The number of amides is 2. The lowest BCUT2D eigenvalue weighted by Crippen LogP contribution is -2.44. The van der Waals surface area contributed by atoms with Crippen molar-refractivity contribution in [1.82, 2.24) is 10.9 Å². The Hall–Kier alpha value is -1.56. The molecule has 2 amide bonds. The Labute approximate surface area is 119 Å². The van der Waals surface area contributed by atoms with E-state index in [4.69, 9.17) is 4.74 Å². The van der Waals surface area contributed by atoms with Gasteiger partial charge in [0.2, 0.25) is 5.91 Å². The zero-order valence-electron chi connectivity index (χ0n) is 10.5. The highest BCUT2D eigenvalue weighted by atomic mass is 79.9. The molecular formula is C13H15BrN2O3. The van der Waals surface area contributed by atoms with Gasteiger partial charge >= 0.3 is 0 Å². The van der Waals surface area contributed by atoms with Gasteiger partial charge in [-0.3, -0.25) is 20.4 Å². The van der Waals surface area contributed by atoms with Crippen molar-refractivity contribution >= 4 is 27.7 Å². The van der Waals surface area contributed by atoms with E-state index in [1.807, 2.05) is 19.1 Å². The van der Waals surface area contributed by atoms with Crippen molar-refractivity contribution < 1.29 is 14.3 Å². The van der Waals surface area contributed by atoms with Crippen LogP contribution in [-0.2, 0) is 9.59 Å². The number of nitrogens with one attached hydrogen (secondary N) is 2. The van der Waals surface area contributed by atoms with Crippen molar-refractivity contribution in [3.05, 3.63) is 28.2 Å². The maximum atomic E-state index is 11.5. The van der Waals surface area contributed by atoms with Crippen molar-refractivity contribution in [1.29, 1.82) is 0 Å². The maximum absolute atomic E-state index is 11.5. The van der Waals surface area contributed by atoms with Crippen molar-refractivity contribution in [2.45, 2.75) is 19.8 Å². The Morgan fingerprint density at radius 1 is 1.37 bits per heavy atom. The van der Waals surface area contributed by atoms with Crippen LogP contribution >= 0.6 is 15.9 Å². The first kappa shape index (κ1) is 13.9. The molecule has 0 heterocycles. The minimum absolute atomic E-state index is 0.0625. The topological polar surface area (TPSA) is 67.4 Å². The van der Waals surface area contributed by atoms with E-state index in [1.165, 1.54) is 0 Å². The van der Waals surface area contributed by atoms with Gasteiger partial charge in [-0.05, 0) is 53.4 Å². The molecule has 2 rings (SSSR count). The molecule has 0 aromatic heterocycles. The van der Waals surface area contributed by atoms with Gasteiger partial charge in [-0.2, -0.15) is 0 Å². The summed E-state index contributed by atoms with van der Waals surface area (Å²) in [5.41, 5.74) is 5.80. The molecule has 0 spiro atoms. The summed E-state index contributed by atoms with van der Waals surface area (Å²) in [7, 11) is 0. The number of carbonyl (C=O) groups excluding carboxylic acids is 2. The second-order valence-corrected chi connectivity index (χ2v) is 5.39. The van der Waals surface area contributed by atoms with Crippen LogP contribution in [0.1, 0.15) is 18.4 Å².